The van der Waals surface area contributed by atoms with Gasteiger partial charge in [-0.1, -0.05) is 0 Å². The van der Waals surface area contributed by atoms with Gasteiger partial charge in [0, 0.05) is 13.1 Å². The predicted molar refractivity (Wildman–Crippen MR) is 76.1 cm³/mol. The van der Waals surface area contributed by atoms with E-state index < -0.39 is 0 Å². The Balaban J connectivity index is 1.74. The van der Waals surface area contributed by atoms with Crippen LogP contribution in [0.3, 0.4) is 0 Å². The van der Waals surface area contributed by atoms with Crippen LogP contribution in [0.5, 0.6) is 0 Å². The summed E-state index contributed by atoms with van der Waals surface area (Å²) in [5.74, 6) is 1.47. The van der Waals surface area contributed by atoms with Crippen LogP contribution in [0.15, 0.2) is 0 Å². The summed E-state index contributed by atoms with van der Waals surface area (Å²) in [5.41, 5.74) is -0.386. The summed E-state index contributed by atoms with van der Waals surface area (Å²) in [4.78, 5) is 13.9. The van der Waals surface area contributed by atoms with Crippen LogP contribution in [-0.4, -0.2) is 42.8 Å². The lowest BCUT2D eigenvalue weighted by Gasteiger charge is -2.26. The average Bonchev–Trinajstić information content (AvgIpc) is 2.77. The van der Waals surface area contributed by atoms with Crippen molar-refractivity contribution in [2.75, 3.05) is 26.2 Å². The molecule has 0 bridgehead atoms. The number of hydrogen-bond acceptors (Lipinski definition) is 3. The van der Waals surface area contributed by atoms with Gasteiger partial charge in [0.05, 0.1) is 0 Å². The Morgan fingerprint density at radius 2 is 2.11 bits per heavy atom. The molecule has 2 aliphatic rings. The van der Waals surface area contributed by atoms with E-state index in [4.69, 9.17) is 4.74 Å². The lowest BCUT2D eigenvalue weighted by Crippen LogP contribution is -2.36. The van der Waals surface area contributed by atoms with Gasteiger partial charge in [-0.3, -0.25) is 0 Å². The number of rotatable bonds is 2. The first-order valence-electron chi connectivity index (χ1n) is 7.63. The molecule has 2 rings (SSSR count). The molecule has 4 heteroatoms. The maximum Gasteiger partial charge on any atom is 0.410 e. The standard InChI is InChI=1S/C15H28N2O2/c1-15(2,3)19-14(18)17-8-6-13(11-17)9-12-5-4-7-16-10-12/h12-13,16H,4-11H2,1-3H3. The van der Waals surface area contributed by atoms with Gasteiger partial charge in [-0.2, -0.15) is 0 Å². The molecular weight excluding hydrogens is 240 g/mol. The van der Waals surface area contributed by atoms with E-state index in [9.17, 15) is 4.79 Å². The fraction of sp³-hybridized carbons (Fsp3) is 0.933. The molecule has 0 aromatic heterocycles. The number of likely N-dealkylation sites (tertiary alicyclic amines) is 1. The molecule has 0 aromatic rings. The first-order valence-corrected chi connectivity index (χ1v) is 7.63. The highest BCUT2D eigenvalue weighted by Crippen LogP contribution is 2.27. The third-order valence-electron chi connectivity index (χ3n) is 4.00. The Morgan fingerprint density at radius 1 is 1.32 bits per heavy atom. The van der Waals surface area contributed by atoms with E-state index in [-0.39, 0.29) is 11.7 Å². The zero-order chi connectivity index (χ0) is 13.9. The van der Waals surface area contributed by atoms with Crippen molar-refractivity contribution in [3.8, 4) is 0 Å². The van der Waals surface area contributed by atoms with Crippen molar-refractivity contribution >= 4 is 6.09 Å². The van der Waals surface area contributed by atoms with Crippen LogP contribution >= 0.6 is 0 Å². The number of carbonyl (C=O) groups excluding carboxylic acids is 1. The molecule has 0 radical (unpaired) electrons. The molecule has 2 heterocycles. The van der Waals surface area contributed by atoms with Crippen LogP contribution in [-0.2, 0) is 4.74 Å². The molecule has 0 aromatic carbocycles. The van der Waals surface area contributed by atoms with Crippen molar-refractivity contribution in [1.29, 1.82) is 0 Å². The molecule has 2 atom stereocenters. The molecule has 0 spiro atoms. The highest BCUT2D eigenvalue weighted by atomic mass is 16.6. The topological polar surface area (TPSA) is 41.6 Å². The lowest BCUT2D eigenvalue weighted by molar-refractivity contribution is 0.0286. The Morgan fingerprint density at radius 3 is 2.74 bits per heavy atom. The minimum absolute atomic E-state index is 0.142. The summed E-state index contributed by atoms with van der Waals surface area (Å²) in [5, 5.41) is 3.47. The van der Waals surface area contributed by atoms with Crippen LogP contribution in [0.4, 0.5) is 4.79 Å². The molecule has 0 aliphatic carbocycles. The molecule has 2 fully saturated rings. The second-order valence-corrected chi connectivity index (χ2v) is 7.03. The molecule has 2 unspecified atom stereocenters. The Kier molecular flexibility index (Phi) is 4.71. The SMILES string of the molecule is CC(C)(C)OC(=O)N1CCC(CC2CCCNC2)C1. The minimum Gasteiger partial charge on any atom is -0.444 e. The van der Waals surface area contributed by atoms with E-state index in [1.165, 1.54) is 25.8 Å². The number of hydrogen-bond donors (Lipinski definition) is 1. The van der Waals surface area contributed by atoms with Gasteiger partial charge in [-0.15, -0.1) is 0 Å². The van der Waals surface area contributed by atoms with Crippen LogP contribution < -0.4 is 5.32 Å². The number of carbonyl (C=O) groups is 1. The summed E-state index contributed by atoms with van der Waals surface area (Å²) in [6, 6.07) is 0. The summed E-state index contributed by atoms with van der Waals surface area (Å²) in [6.45, 7) is 9.84. The van der Waals surface area contributed by atoms with E-state index in [2.05, 4.69) is 5.32 Å². The van der Waals surface area contributed by atoms with Crippen LogP contribution in [0, 0.1) is 11.8 Å². The van der Waals surface area contributed by atoms with E-state index in [0.29, 0.717) is 5.92 Å². The third kappa shape index (κ3) is 4.68. The summed E-state index contributed by atoms with van der Waals surface area (Å²) >= 11 is 0. The van der Waals surface area contributed by atoms with E-state index in [1.54, 1.807) is 0 Å². The number of nitrogens with zero attached hydrogens (tertiary/aromatic N) is 1. The molecule has 2 saturated heterocycles. The monoisotopic (exact) mass is 268 g/mol. The van der Waals surface area contributed by atoms with Gasteiger partial charge in [0.2, 0.25) is 0 Å². The van der Waals surface area contributed by atoms with Gasteiger partial charge in [0.1, 0.15) is 5.60 Å². The minimum atomic E-state index is -0.386. The molecular formula is C15H28N2O2. The van der Waals surface area contributed by atoms with Gasteiger partial charge in [0.15, 0.2) is 0 Å². The number of amides is 1. The molecule has 2 aliphatic heterocycles. The van der Waals surface area contributed by atoms with Gasteiger partial charge < -0.3 is 15.0 Å². The number of piperidine rings is 1. The van der Waals surface area contributed by atoms with Crippen molar-refractivity contribution < 1.29 is 9.53 Å². The highest BCUT2D eigenvalue weighted by molar-refractivity contribution is 5.68. The van der Waals surface area contributed by atoms with Crippen molar-refractivity contribution in [1.82, 2.24) is 10.2 Å². The molecule has 1 amide bonds. The van der Waals surface area contributed by atoms with E-state index in [0.717, 1.165) is 32.0 Å². The zero-order valence-corrected chi connectivity index (χ0v) is 12.6. The first kappa shape index (κ1) is 14.6. The van der Waals surface area contributed by atoms with Crippen LogP contribution in [0.2, 0.25) is 0 Å². The van der Waals surface area contributed by atoms with Crippen molar-refractivity contribution in [2.45, 2.75) is 52.1 Å². The fourth-order valence-corrected chi connectivity index (χ4v) is 3.11. The Labute approximate surface area is 116 Å². The molecule has 110 valence electrons. The maximum absolute atomic E-state index is 12.0. The summed E-state index contributed by atoms with van der Waals surface area (Å²) < 4.78 is 5.43. The fourth-order valence-electron chi connectivity index (χ4n) is 3.11. The van der Waals surface area contributed by atoms with Crippen LogP contribution in [0.25, 0.3) is 0 Å². The van der Waals surface area contributed by atoms with E-state index in [1.807, 2.05) is 25.7 Å². The first-order chi connectivity index (χ1) is 8.94. The normalized spacial score (nSPS) is 28.5. The van der Waals surface area contributed by atoms with Gasteiger partial charge in [0.25, 0.3) is 0 Å². The smallest absolute Gasteiger partial charge is 0.410 e. The second kappa shape index (κ2) is 6.12. The van der Waals surface area contributed by atoms with Crippen LogP contribution in [0.1, 0.15) is 46.5 Å². The second-order valence-electron chi connectivity index (χ2n) is 7.03. The van der Waals surface area contributed by atoms with Gasteiger partial charge >= 0.3 is 6.09 Å². The lowest BCUT2D eigenvalue weighted by atomic mass is 9.88. The Hall–Kier alpha value is -0.770. The molecule has 1 N–H and O–H groups in total. The van der Waals surface area contributed by atoms with E-state index >= 15 is 0 Å². The summed E-state index contributed by atoms with van der Waals surface area (Å²) in [6.07, 6.45) is 4.89. The average molecular weight is 268 g/mol. The molecule has 0 saturated carbocycles. The summed E-state index contributed by atoms with van der Waals surface area (Å²) in [7, 11) is 0. The van der Waals surface area contributed by atoms with Crippen molar-refractivity contribution in [2.24, 2.45) is 11.8 Å². The van der Waals surface area contributed by atoms with Gasteiger partial charge in [-0.25, -0.2) is 4.79 Å². The maximum atomic E-state index is 12.0. The zero-order valence-electron chi connectivity index (χ0n) is 12.6. The molecule has 4 nitrogen and oxygen atoms in total. The largest absolute Gasteiger partial charge is 0.444 e. The van der Waals surface area contributed by atoms with Crippen molar-refractivity contribution in [3.63, 3.8) is 0 Å². The molecule has 19 heavy (non-hydrogen) atoms. The third-order valence-corrected chi connectivity index (χ3v) is 4.00. The predicted octanol–water partition coefficient (Wildman–Crippen LogP) is 2.63. The highest BCUT2D eigenvalue weighted by Gasteiger charge is 2.31. The van der Waals surface area contributed by atoms with Gasteiger partial charge in [-0.05, 0) is 71.4 Å². The number of nitrogens with one attached hydrogen (secondary N) is 1. The Bertz CT molecular complexity index is 306. The van der Waals surface area contributed by atoms with Crippen molar-refractivity contribution in [3.05, 3.63) is 0 Å². The number of ether oxygens (including phenoxy) is 1. The quantitative estimate of drug-likeness (QED) is 0.837.